The van der Waals surface area contributed by atoms with Crippen molar-refractivity contribution in [3.8, 4) is 0 Å². The van der Waals surface area contributed by atoms with E-state index in [1.165, 1.54) is 16.8 Å². The molecule has 0 N–H and O–H groups in total. The summed E-state index contributed by atoms with van der Waals surface area (Å²) in [4.78, 5) is 0. The maximum absolute atomic E-state index is 4.54. The second-order valence-electron chi connectivity index (χ2n) is 4.98. The summed E-state index contributed by atoms with van der Waals surface area (Å²) in [5, 5.41) is 4.54. The highest BCUT2D eigenvalue weighted by atomic mass is 15.5. The van der Waals surface area contributed by atoms with E-state index in [9.17, 15) is 0 Å². The molecular formula is C17H18N3+. The molecule has 1 aromatic heterocycles. The van der Waals surface area contributed by atoms with Crippen LogP contribution in [0.2, 0.25) is 0 Å². The Hall–Kier alpha value is -2.42. The Morgan fingerprint density at radius 1 is 0.900 bits per heavy atom. The van der Waals surface area contributed by atoms with Crippen LogP contribution in [0.5, 0.6) is 0 Å². The normalized spacial score (nSPS) is 10.7. The summed E-state index contributed by atoms with van der Waals surface area (Å²) in [6, 6.07) is 20.9. The molecule has 0 radical (unpaired) electrons. The van der Waals surface area contributed by atoms with Crippen LogP contribution in [-0.4, -0.2) is 9.90 Å². The minimum absolute atomic E-state index is 0.809. The van der Waals surface area contributed by atoms with E-state index in [0.29, 0.717) is 0 Å². The molecule has 100 valence electrons. The molecule has 3 aromatic rings. The predicted octanol–water partition coefficient (Wildman–Crippen LogP) is 2.35. The third-order valence-corrected chi connectivity index (χ3v) is 3.38. The molecule has 0 aliphatic rings. The van der Waals surface area contributed by atoms with E-state index in [1.807, 2.05) is 28.5 Å². The summed E-state index contributed by atoms with van der Waals surface area (Å²) >= 11 is 0. The van der Waals surface area contributed by atoms with E-state index >= 15 is 0 Å². The first-order valence-electron chi connectivity index (χ1n) is 6.82. The first-order valence-corrected chi connectivity index (χ1v) is 6.82. The summed E-state index contributed by atoms with van der Waals surface area (Å²) in [6.45, 7) is 0.809. The van der Waals surface area contributed by atoms with Crippen molar-refractivity contribution >= 4 is 0 Å². The highest BCUT2D eigenvalue weighted by Crippen LogP contribution is 2.06. The lowest BCUT2D eigenvalue weighted by molar-refractivity contribution is -0.747. The quantitative estimate of drug-likeness (QED) is 0.663. The molecule has 20 heavy (non-hydrogen) atoms. The summed E-state index contributed by atoms with van der Waals surface area (Å²) in [7, 11) is 2.00. The zero-order valence-corrected chi connectivity index (χ0v) is 11.6. The Balaban J connectivity index is 1.77. The van der Waals surface area contributed by atoms with Crippen molar-refractivity contribution in [3.63, 3.8) is 0 Å². The topological polar surface area (TPSA) is 21.7 Å². The lowest BCUT2D eigenvalue weighted by Gasteiger charge is -1.95. The Bertz CT molecular complexity index is 672. The fourth-order valence-corrected chi connectivity index (χ4v) is 2.32. The third kappa shape index (κ3) is 2.94. The van der Waals surface area contributed by atoms with E-state index < -0.39 is 0 Å². The molecule has 0 saturated heterocycles. The summed E-state index contributed by atoms with van der Waals surface area (Å²) < 4.78 is 3.95. The van der Waals surface area contributed by atoms with Gasteiger partial charge in [-0.3, -0.25) is 0 Å². The van der Waals surface area contributed by atoms with E-state index in [-0.39, 0.29) is 0 Å². The molecule has 3 rings (SSSR count). The van der Waals surface area contributed by atoms with E-state index in [1.54, 1.807) is 0 Å². The first-order chi connectivity index (χ1) is 9.81. The molecule has 0 aliphatic carbocycles. The molecule has 3 nitrogen and oxygen atoms in total. The van der Waals surface area contributed by atoms with E-state index in [4.69, 9.17) is 0 Å². The van der Waals surface area contributed by atoms with E-state index in [2.05, 4.69) is 59.9 Å². The van der Waals surface area contributed by atoms with Gasteiger partial charge in [0.2, 0.25) is 0 Å². The molecule has 0 unspecified atom stereocenters. The van der Waals surface area contributed by atoms with E-state index in [0.717, 1.165) is 13.0 Å². The van der Waals surface area contributed by atoms with Crippen LogP contribution >= 0.6 is 0 Å². The molecule has 1 heterocycles. The second-order valence-corrected chi connectivity index (χ2v) is 4.98. The molecule has 0 aliphatic heterocycles. The molecular weight excluding hydrogens is 246 g/mol. The molecule has 0 amide bonds. The Labute approximate surface area is 119 Å². The fraction of sp³-hybridized carbons (Fsp3) is 0.176. The minimum atomic E-state index is 0.809. The van der Waals surface area contributed by atoms with Crippen LogP contribution in [0.3, 0.4) is 0 Å². The fourth-order valence-electron chi connectivity index (χ4n) is 2.32. The lowest BCUT2D eigenvalue weighted by atomic mass is 10.1. The van der Waals surface area contributed by atoms with Gasteiger partial charge in [0.15, 0.2) is 11.9 Å². The molecule has 0 saturated carbocycles. The highest BCUT2D eigenvalue weighted by molar-refractivity contribution is 5.19. The van der Waals surface area contributed by atoms with Crippen LogP contribution in [0.15, 0.2) is 66.9 Å². The van der Waals surface area contributed by atoms with Crippen LogP contribution in [0.25, 0.3) is 0 Å². The predicted molar refractivity (Wildman–Crippen MR) is 78.2 cm³/mol. The number of aryl methyl sites for hydroxylation is 1. The molecule has 3 heteroatoms. The summed E-state index contributed by atoms with van der Waals surface area (Å²) in [5.41, 5.74) is 3.79. The average Bonchev–Trinajstić information content (AvgIpc) is 2.81. The second kappa shape index (κ2) is 5.70. The third-order valence-electron chi connectivity index (χ3n) is 3.38. The van der Waals surface area contributed by atoms with Crippen molar-refractivity contribution in [3.05, 3.63) is 83.7 Å². The summed E-state index contributed by atoms with van der Waals surface area (Å²) in [6.07, 6.45) is 3.03. The zero-order chi connectivity index (χ0) is 13.8. The van der Waals surface area contributed by atoms with Crippen LogP contribution in [0.4, 0.5) is 0 Å². The van der Waals surface area contributed by atoms with Crippen molar-refractivity contribution in [1.29, 1.82) is 0 Å². The van der Waals surface area contributed by atoms with Crippen LogP contribution in [0, 0.1) is 0 Å². The van der Waals surface area contributed by atoms with Crippen LogP contribution in [0.1, 0.15) is 16.8 Å². The monoisotopic (exact) mass is 264 g/mol. The van der Waals surface area contributed by atoms with Gasteiger partial charge in [-0.2, -0.15) is 0 Å². The smallest absolute Gasteiger partial charge is 0.137 e. The molecule has 0 bridgehead atoms. The number of rotatable bonds is 4. The molecule has 0 spiro atoms. The number of benzene rings is 2. The van der Waals surface area contributed by atoms with Crippen molar-refractivity contribution in [2.75, 3.05) is 0 Å². The number of hydrogen-bond donors (Lipinski definition) is 0. The van der Waals surface area contributed by atoms with Gasteiger partial charge in [-0.1, -0.05) is 60.7 Å². The van der Waals surface area contributed by atoms with Crippen LogP contribution in [-0.2, 0) is 20.0 Å². The molecule has 0 atom stereocenters. The zero-order valence-electron chi connectivity index (χ0n) is 11.6. The van der Waals surface area contributed by atoms with Crippen molar-refractivity contribution in [1.82, 2.24) is 9.90 Å². The maximum Gasteiger partial charge on any atom is 0.171 e. The first kappa shape index (κ1) is 12.6. The number of hydrogen-bond acceptors (Lipinski definition) is 1. The van der Waals surface area contributed by atoms with Gasteiger partial charge in [-0.05, 0) is 11.1 Å². The Morgan fingerprint density at radius 2 is 1.50 bits per heavy atom. The number of nitrogens with zero attached hydrogens (tertiary/aromatic N) is 3. The van der Waals surface area contributed by atoms with Crippen molar-refractivity contribution in [2.24, 2.45) is 7.05 Å². The van der Waals surface area contributed by atoms with Gasteiger partial charge in [0, 0.05) is 6.42 Å². The lowest BCUT2D eigenvalue weighted by Crippen LogP contribution is -2.36. The van der Waals surface area contributed by atoms with Gasteiger partial charge >= 0.3 is 0 Å². The van der Waals surface area contributed by atoms with Gasteiger partial charge in [0.1, 0.15) is 13.6 Å². The van der Waals surface area contributed by atoms with Crippen molar-refractivity contribution < 1.29 is 4.68 Å². The largest absolute Gasteiger partial charge is 0.171 e. The van der Waals surface area contributed by atoms with Gasteiger partial charge < -0.3 is 0 Å². The van der Waals surface area contributed by atoms with Crippen molar-refractivity contribution in [2.45, 2.75) is 13.0 Å². The highest BCUT2D eigenvalue weighted by Gasteiger charge is 2.13. The maximum atomic E-state index is 4.54. The Morgan fingerprint density at radius 3 is 2.15 bits per heavy atom. The minimum Gasteiger partial charge on any atom is -0.137 e. The summed E-state index contributed by atoms with van der Waals surface area (Å²) in [5.74, 6) is 0. The van der Waals surface area contributed by atoms with Gasteiger partial charge in [-0.15, -0.1) is 9.36 Å². The van der Waals surface area contributed by atoms with Crippen LogP contribution < -0.4 is 4.68 Å². The van der Waals surface area contributed by atoms with Gasteiger partial charge in [0.25, 0.3) is 0 Å². The average molecular weight is 264 g/mol. The molecule has 2 aromatic carbocycles. The SMILES string of the molecule is Cn1n[n+](Cc2ccccc2)cc1Cc1ccccc1. The molecule has 0 fully saturated rings. The van der Waals surface area contributed by atoms with Gasteiger partial charge in [-0.25, -0.2) is 0 Å². The standard InChI is InChI=1S/C17H18N3/c1-19-17(12-15-8-4-2-5-9-15)14-20(18-19)13-16-10-6-3-7-11-16/h2-11,14H,12-13H2,1H3/q+1. The Kier molecular flexibility index (Phi) is 3.59. The number of aromatic nitrogens is 3. The van der Waals surface area contributed by atoms with Gasteiger partial charge in [0.05, 0.1) is 5.21 Å².